The molecule has 7 rings (SSSR count). The first-order chi connectivity index (χ1) is 29.2. The molecule has 340 valence electrons. The van der Waals surface area contributed by atoms with Crippen molar-refractivity contribution in [3.8, 4) is 0 Å². The van der Waals surface area contributed by atoms with Crippen molar-refractivity contribution in [1.82, 2.24) is 24.2 Å². The van der Waals surface area contributed by atoms with Crippen LogP contribution in [0.25, 0.3) is 11.1 Å². The zero-order valence-corrected chi connectivity index (χ0v) is 36.2. The van der Waals surface area contributed by atoms with Crippen molar-refractivity contribution in [3.05, 3.63) is 63.6 Å². The Hall–Kier alpha value is -5.58. The second-order valence-electron chi connectivity index (χ2n) is 16.5. The first-order valence-electron chi connectivity index (χ1n) is 21.4. The summed E-state index contributed by atoms with van der Waals surface area (Å²) in [5.74, 6) is -0.463. The predicted octanol–water partition coefficient (Wildman–Crippen LogP) is 6.08. The van der Waals surface area contributed by atoms with Crippen LogP contribution in [0.15, 0.2) is 45.6 Å². The molecule has 4 aliphatic rings. The number of carbonyl (C=O) groups is 5. The van der Waals surface area contributed by atoms with Crippen LogP contribution in [0.3, 0.4) is 0 Å². The van der Waals surface area contributed by atoms with Crippen molar-refractivity contribution in [2.24, 2.45) is 13.0 Å². The Labute approximate surface area is 363 Å². The van der Waals surface area contributed by atoms with Gasteiger partial charge in [-0.15, -0.1) is 0 Å². The summed E-state index contributed by atoms with van der Waals surface area (Å²) >= 11 is 0. The molecule has 2 aromatic carbocycles. The van der Waals surface area contributed by atoms with Crippen molar-refractivity contribution >= 4 is 46.9 Å². The molecule has 0 spiro atoms. The van der Waals surface area contributed by atoms with Gasteiger partial charge >= 0.3 is 30.0 Å². The lowest BCUT2D eigenvalue weighted by molar-refractivity contribution is -0.172. The minimum absolute atomic E-state index is 0. The van der Waals surface area contributed by atoms with Gasteiger partial charge in [0.05, 0.1) is 12.1 Å². The lowest BCUT2D eigenvalue weighted by Gasteiger charge is -2.38. The minimum Gasteiger partial charge on any atom is -0.436 e. The molecule has 0 bridgehead atoms. The van der Waals surface area contributed by atoms with E-state index in [0.29, 0.717) is 62.6 Å². The zero-order valence-electron chi connectivity index (χ0n) is 36.2. The number of aromatic nitrogens is 1. The highest BCUT2D eigenvalue weighted by atomic mass is 16.8. The van der Waals surface area contributed by atoms with Gasteiger partial charge < -0.3 is 43.4 Å². The number of aryl methyl sites for hydroxylation is 2. The van der Waals surface area contributed by atoms with Crippen LogP contribution in [0.1, 0.15) is 83.4 Å². The van der Waals surface area contributed by atoms with Gasteiger partial charge in [0.15, 0.2) is 11.7 Å². The molecule has 4 aliphatic heterocycles. The lowest BCUT2D eigenvalue weighted by atomic mass is 9.98. The van der Waals surface area contributed by atoms with Gasteiger partial charge in [0.2, 0.25) is 6.29 Å². The van der Waals surface area contributed by atoms with Crippen LogP contribution in [0, 0.1) is 12.8 Å². The molecule has 0 saturated carbocycles. The number of likely N-dealkylation sites (tertiary alicyclic amines) is 3. The molecule has 17 nitrogen and oxygen atoms in total. The summed E-state index contributed by atoms with van der Waals surface area (Å²) in [4.78, 5) is 82.3. The van der Waals surface area contributed by atoms with Crippen molar-refractivity contribution in [3.63, 3.8) is 0 Å². The van der Waals surface area contributed by atoms with E-state index in [9.17, 15) is 28.8 Å². The number of oxazole rings is 1. The fourth-order valence-electron chi connectivity index (χ4n) is 8.58. The molecule has 1 unspecified atom stereocenters. The SMILES string of the molecule is C.CCOC(=O)OC(C)OC(=O)[C@H]1CCCN1C.Cc1cc(C[C@@H](OC(=O)N2CCC(N3CCc4ccccc4NC3=O)CC2)C(=O)N2CCC(C)CC2)cc2oc(=O)n(C)c12. The zero-order chi connectivity index (χ0) is 43.8. The molecule has 5 heterocycles. The Morgan fingerprint density at radius 3 is 2.26 bits per heavy atom. The number of urea groups is 1. The monoisotopic (exact) mass is 864 g/mol. The molecule has 1 N–H and O–H groups in total. The quantitative estimate of drug-likeness (QED) is 0.149. The van der Waals surface area contributed by atoms with Crippen molar-refractivity contribution in [1.29, 1.82) is 0 Å². The maximum atomic E-state index is 13.8. The number of nitrogens with one attached hydrogen (secondary N) is 1. The predicted molar refractivity (Wildman–Crippen MR) is 232 cm³/mol. The average Bonchev–Trinajstić information content (AvgIpc) is 3.73. The van der Waals surface area contributed by atoms with Crippen LogP contribution in [-0.2, 0) is 48.4 Å². The summed E-state index contributed by atoms with van der Waals surface area (Å²) in [7, 11) is 3.53. The molecule has 0 aliphatic carbocycles. The molecule has 0 radical (unpaired) electrons. The highest BCUT2D eigenvalue weighted by Crippen LogP contribution is 2.27. The molecular weight excluding hydrogens is 801 g/mol. The number of rotatable bonds is 9. The third-order valence-electron chi connectivity index (χ3n) is 12.1. The summed E-state index contributed by atoms with van der Waals surface area (Å²) in [5, 5.41) is 3.03. The fraction of sp³-hybridized carbons (Fsp3) is 0.600. The number of piperidine rings is 2. The number of esters is 1. The van der Waals surface area contributed by atoms with E-state index in [0.717, 1.165) is 61.0 Å². The largest absolute Gasteiger partial charge is 0.511 e. The molecule has 3 fully saturated rings. The Morgan fingerprint density at radius 1 is 0.887 bits per heavy atom. The smallest absolute Gasteiger partial charge is 0.436 e. The van der Waals surface area contributed by atoms with Gasteiger partial charge in [0.1, 0.15) is 6.04 Å². The van der Waals surface area contributed by atoms with E-state index < -0.39 is 30.4 Å². The van der Waals surface area contributed by atoms with E-state index in [1.165, 1.54) is 11.5 Å². The summed E-state index contributed by atoms with van der Waals surface area (Å²) in [6, 6.07) is 11.2. The number of fused-ring (bicyclic) bond motifs is 2. The molecule has 3 atom stereocenters. The van der Waals surface area contributed by atoms with Crippen LogP contribution < -0.4 is 11.1 Å². The normalized spacial score (nSPS) is 19.5. The number of ether oxygens (including phenoxy) is 4. The number of anilines is 1. The average molecular weight is 865 g/mol. The first-order valence-corrected chi connectivity index (χ1v) is 21.4. The van der Waals surface area contributed by atoms with E-state index >= 15 is 0 Å². The highest BCUT2D eigenvalue weighted by Gasteiger charge is 2.36. The summed E-state index contributed by atoms with van der Waals surface area (Å²) in [5.41, 5.74) is 4.72. The summed E-state index contributed by atoms with van der Waals surface area (Å²) < 4.78 is 27.2. The van der Waals surface area contributed by atoms with Crippen molar-refractivity contribution < 1.29 is 47.3 Å². The number of hydrogen-bond donors (Lipinski definition) is 1. The second kappa shape index (κ2) is 21.5. The van der Waals surface area contributed by atoms with Crippen LogP contribution >= 0.6 is 0 Å². The number of benzene rings is 2. The van der Waals surface area contributed by atoms with Gasteiger partial charge in [0, 0.05) is 64.8 Å². The molecule has 3 saturated heterocycles. The number of likely N-dealkylation sites (N-methyl/N-ethyl adjacent to an activating group) is 1. The van der Waals surface area contributed by atoms with Gasteiger partial charge in [-0.3, -0.25) is 19.1 Å². The number of nitrogens with zero attached hydrogens (tertiary/aromatic N) is 5. The number of para-hydroxylation sites is 1. The van der Waals surface area contributed by atoms with E-state index in [1.807, 2.05) is 54.1 Å². The minimum atomic E-state index is -1.00. The van der Waals surface area contributed by atoms with Crippen LogP contribution in [0.2, 0.25) is 0 Å². The van der Waals surface area contributed by atoms with E-state index in [-0.39, 0.29) is 50.4 Å². The van der Waals surface area contributed by atoms with Crippen LogP contribution in [-0.4, -0.2) is 132 Å². The molecule has 62 heavy (non-hydrogen) atoms. The number of hydrogen-bond acceptors (Lipinski definition) is 12. The van der Waals surface area contributed by atoms with Crippen molar-refractivity contribution in [2.45, 2.75) is 111 Å². The summed E-state index contributed by atoms with van der Waals surface area (Å²) in [6.45, 7) is 11.1. The van der Waals surface area contributed by atoms with E-state index in [4.69, 9.17) is 18.6 Å². The van der Waals surface area contributed by atoms with Gasteiger partial charge in [-0.1, -0.05) is 38.6 Å². The molecular formula is C45H64N6O11. The Balaban J connectivity index is 0.000000341. The molecule has 3 aromatic rings. The van der Waals surface area contributed by atoms with Gasteiger partial charge in [-0.05, 0) is 107 Å². The Morgan fingerprint density at radius 2 is 1.58 bits per heavy atom. The second-order valence-corrected chi connectivity index (χ2v) is 16.5. The molecule has 1 aromatic heterocycles. The third-order valence-corrected chi connectivity index (χ3v) is 12.1. The van der Waals surface area contributed by atoms with Crippen LogP contribution in [0.4, 0.5) is 20.1 Å². The van der Waals surface area contributed by atoms with Gasteiger partial charge in [0.25, 0.3) is 5.91 Å². The lowest BCUT2D eigenvalue weighted by Crippen LogP contribution is -2.51. The standard InChI is InChI=1S/C33H41N5O6.C11H19NO5.CH4/c1-21-8-13-36(14-9-21)30(39)28(20-23-18-22(2)29-27(19-23)43-32(41)35(29)3)44-33(42)37-15-11-25(12-16-37)38-17-10-24-6-4-5-7-26(24)34-31(38)40;1-4-15-11(14)17-8(2)16-10(13)9-6-5-7-12(9)3;/h4-7,18-19,21,25,28H,8-17,20H2,1-3H3,(H,34,40);8-9H,4-7H2,1-3H3;1H4/t28-;8?,9-;/m11./s1. The fourth-order valence-corrected chi connectivity index (χ4v) is 8.58. The van der Waals surface area contributed by atoms with Gasteiger partial charge in [-0.2, -0.15) is 0 Å². The maximum absolute atomic E-state index is 13.8. The Bertz CT molecular complexity index is 2100. The van der Waals surface area contributed by atoms with E-state index in [1.54, 1.807) is 29.8 Å². The van der Waals surface area contributed by atoms with Crippen molar-refractivity contribution in [2.75, 3.05) is 58.2 Å². The summed E-state index contributed by atoms with van der Waals surface area (Å²) in [6.07, 6.45) is 2.51. The molecule has 17 heteroatoms. The number of carbonyl (C=O) groups excluding carboxylic acids is 5. The third kappa shape index (κ3) is 11.7. The topological polar surface area (TPSA) is 182 Å². The molecule has 4 amide bonds. The van der Waals surface area contributed by atoms with Gasteiger partial charge in [-0.25, -0.2) is 19.2 Å². The Kier molecular flexibility index (Phi) is 16.4. The number of amides is 4. The maximum Gasteiger partial charge on any atom is 0.511 e. The highest BCUT2D eigenvalue weighted by molar-refractivity contribution is 5.91. The van der Waals surface area contributed by atoms with Crippen LogP contribution in [0.5, 0.6) is 0 Å². The first kappa shape index (κ1) is 47.5. The van der Waals surface area contributed by atoms with E-state index in [2.05, 4.69) is 17.0 Å².